The van der Waals surface area contributed by atoms with Gasteiger partial charge in [-0.05, 0) is 83.4 Å². The summed E-state index contributed by atoms with van der Waals surface area (Å²) in [6.07, 6.45) is 3.27. The van der Waals surface area contributed by atoms with E-state index < -0.39 is 108 Å². The lowest BCUT2D eigenvalue weighted by Gasteiger charge is -2.33. The molecule has 1 aromatic rings. The number of rotatable bonds is 14. The van der Waals surface area contributed by atoms with Gasteiger partial charge in [0.25, 0.3) is 5.91 Å². The molecule has 9 atom stereocenters. The van der Waals surface area contributed by atoms with E-state index in [1.54, 1.807) is 58.0 Å². The molecule has 69 heavy (non-hydrogen) atoms. The van der Waals surface area contributed by atoms with Crippen molar-refractivity contribution in [2.24, 2.45) is 23.5 Å². The number of hydrogen-bond donors (Lipinski definition) is 5. The fourth-order valence-corrected chi connectivity index (χ4v) is 7.68. The number of carbonyl (C=O) groups excluding carboxylic acids is 8. The van der Waals surface area contributed by atoms with Crippen molar-refractivity contribution in [3.05, 3.63) is 59.2 Å². The summed E-state index contributed by atoms with van der Waals surface area (Å²) in [5.41, 5.74) is 7.06. The van der Waals surface area contributed by atoms with Gasteiger partial charge >= 0.3 is 18.0 Å². The molecule has 0 radical (unpaired) electrons. The number of ether oxygens (including phenoxy) is 3. The van der Waals surface area contributed by atoms with Gasteiger partial charge in [-0.1, -0.05) is 96.4 Å². The molecule has 1 heterocycles. The monoisotopic (exact) mass is 968 g/mol. The highest BCUT2D eigenvalue weighted by Crippen LogP contribution is 2.26. The molecule has 1 aliphatic rings. The van der Waals surface area contributed by atoms with Crippen LogP contribution in [-0.2, 0) is 54.2 Å². The molecule has 0 bridgehead atoms. The van der Waals surface area contributed by atoms with Gasteiger partial charge in [0.15, 0.2) is 6.10 Å². The molecule has 0 fully saturated rings. The minimum absolute atomic E-state index is 0.0311. The summed E-state index contributed by atoms with van der Waals surface area (Å²) in [7, 11) is 2.84. The second-order valence-electron chi connectivity index (χ2n) is 18.7. The Hall–Kier alpha value is -5.78. The highest BCUT2D eigenvalue weighted by Gasteiger charge is 2.37. The lowest BCUT2D eigenvalue weighted by atomic mass is 9.90. The van der Waals surface area contributed by atoms with Gasteiger partial charge in [-0.2, -0.15) is 0 Å². The van der Waals surface area contributed by atoms with E-state index in [2.05, 4.69) is 21.3 Å². The van der Waals surface area contributed by atoms with Crippen LogP contribution in [-0.4, -0.2) is 134 Å². The topological polar surface area (TPSA) is 245 Å². The van der Waals surface area contributed by atoms with Gasteiger partial charge in [-0.25, -0.2) is 14.4 Å². The summed E-state index contributed by atoms with van der Waals surface area (Å²) >= 11 is 0. The highest BCUT2D eigenvalue weighted by molar-refractivity contribution is 5.96. The van der Waals surface area contributed by atoms with E-state index in [4.69, 9.17) is 19.9 Å². The van der Waals surface area contributed by atoms with Crippen LogP contribution in [0.15, 0.2) is 53.6 Å². The zero-order valence-electron chi connectivity index (χ0n) is 43.1. The minimum Gasteiger partial charge on any atom is -0.456 e. The number of amides is 6. The predicted molar refractivity (Wildman–Crippen MR) is 263 cm³/mol. The van der Waals surface area contributed by atoms with Gasteiger partial charge in [-0.3, -0.25) is 24.0 Å². The van der Waals surface area contributed by atoms with Crippen LogP contribution in [0.3, 0.4) is 0 Å². The molecule has 18 nitrogen and oxygen atoms in total. The number of unbranched alkanes of at least 4 members (excludes halogenated alkanes) is 3. The SMILES string of the molecule is C/C=C(\C)[C@H]1OC(=O)[C@@H](C)NC(=O)[C@H]([C@H](C)CC)NC(=O)CN(C)C(=O)[C@@H](Cc2ccccc2)N(C)C(=O)[C@H](C)NC(=O)[C@@H](CC(C)C)OC(=O)/C(C)=C/C[C@H](OC(=O)NCCCCCCN)[C@@H]1C. The molecule has 0 saturated heterocycles. The molecule has 0 aromatic heterocycles. The molecule has 1 aliphatic heterocycles. The lowest BCUT2D eigenvalue weighted by molar-refractivity contribution is -0.155. The first-order valence-electron chi connectivity index (χ1n) is 24.4. The van der Waals surface area contributed by atoms with Crippen LogP contribution >= 0.6 is 0 Å². The molecule has 6 N–H and O–H groups in total. The molecule has 0 aliphatic carbocycles. The number of likely N-dealkylation sites (N-methyl/N-ethyl adjacent to an activating group) is 2. The minimum atomic E-state index is -1.31. The van der Waals surface area contributed by atoms with Crippen molar-refractivity contribution in [3.8, 4) is 0 Å². The van der Waals surface area contributed by atoms with Gasteiger partial charge in [0.2, 0.25) is 23.6 Å². The Morgan fingerprint density at radius 2 is 1.54 bits per heavy atom. The number of esters is 2. The molecule has 0 spiro atoms. The third kappa shape index (κ3) is 19.6. The van der Waals surface area contributed by atoms with Crippen molar-refractivity contribution in [3.63, 3.8) is 0 Å². The Balaban J connectivity index is 2.69. The maximum Gasteiger partial charge on any atom is 0.407 e. The van der Waals surface area contributed by atoms with Crippen molar-refractivity contribution >= 4 is 47.6 Å². The average molecular weight is 968 g/mol. The summed E-state index contributed by atoms with van der Waals surface area (Å²) < 4.78 is 17.8. The predicted octanol–water partition coefficient (Wildman–Crippen LogP) is 4.49. The number of nitrogens with zero attached hydrogens (tertiary/aromatic N) is 2. The van der Waals surface area contributed by atoms with Crippen LogP contribution in [0.25, 0.3) is 0 Å². The summed E-state index contributed by atoms with van der Waals surface area (Å²) in [6, 6.07) is 4.37. The van der Waals surface area contributed by atoms with Crippen LogP contribution in [0, 0.1) is 17.8 Å². The van der Waals surface area contributed by atoms with Crippen molar-refractivity contribution in [2.75, 3.05) is 33.7 Å². The maximum absolute atomic E-state index is 14.2. The van der Waals surface area contributed by atoms with Crippen molar-refractivity contribution in [2.45, 2.75) is 163 Å². The standard InChI is InChI=1S/C51H81N7O11/c1-13-32(5)43-46(61)55-37(10)50(65)69-44(33(6)14-2)35(8)40(68-51(66)53-27-21-16-15-20-26-52)25-24-34(7)49(64)67-41(28-31(3)4)45(60)54-36(9)47(62)58(12)39(29-38-22-18-17-19-23-38)48(63)57(11)30-42(59)56-43/h14,17-19,22-24,31-32,35-37,39-41,43-44H,13,15-16,20-21,25-30,52H2,1-12H3,(H,53,66)(H,54,60)(H,55,61)(H,56,59)/b33-14+,34-24+/t32-,35+,36+,37-,39-,40+,41-,43+,44-/m1/s1. The number of carbonyl (C=O) groups is 8. The number of cyclic esters (lactones) is 2. The smallest absolute Gasteiger partial charge is 0.407 e. The van der Waals surface area contributed by atoms with Gasteiger partial charge in [0, 0.05) is 45.0 Å². The van der Waals surface area contributed by atoms with Crippen LogP contribution in [0.2, 0.25) is 0 Å². The van der Waals surface area contributed by atoms with E-state index in [0.29, 0.717) is 31.5 Å². The van der Waals surface area contributed by atoms with E-state index >= 15 is 0 Å². The highest BCUT2D eigenvalue weighted by atomic mass is 16.6. The fourth-order valence-electron chi connectivity index (χ4n) is 7.68. The molecular formula is C51H81N7O11. The van der Waals surface area contributed by atoms with E-state index in [0.717, 1.165) is 29.7 Å². The Labute approximate surface area is 409 Å². The first kappa shape index (κ1) is 59.3. The summed E-state index contributed by atoms with van der Waals surface area (Å²) in [4.78, 5) is 113. The average Bonchev–Trinajstić information content (AvgIpc) is 3.31. The molecule has 0 saturated carbocycles. The van der Waals surface area contributed by atoms with Crippen LogP contribution in [0.4, 0.5) is 4.79 Å². The number of allylic oxidation sites excluding steroid dienone is 1. The van der Waals surface area contributed by atoms with E-state index in [9.17, 15) is 38.4 Å². The van der Waals surface area contributed by atoms with E-state index in [-0.39, 0.29) is 30.8 Å². The van der Waals surface area contributed by atoms with Crippen molar-refractivity contribution in [1.82, 2.24) is 31.1 Å². The van der Waals surface area contributed by atoms with Gasteiger partial charge < -0.3 is 51.0 Å². The molecule has 6 amide bonds. The number of benzene rings is 1. The van der Waals surface area contributed by atoms with Crippen molar-refractivity contribution in [1.29, 1.82) is 0 Å². The first-order chi connectivity index (χ1) is 32.6. The van der Waals surface area contributed by atoms with E-state index in [1.165, 1.54) is 45.8 Å². The van der Waals surface area contributed by atoms with E-state index in [1.807, 2.05) is 26.8 Å². The number of nitrogens with two attached hydrogens (primary N) is 1. The molecule has 2 rings (SSSR count). The third-order valence-corrected chi connectivity index (χ3v) is 12.5. The zero-order chi connectivity index (χ0) is 52.0. The second-order valence-corrected chi connectivity index (χ2v) is 18.7. The molecule has 1 aromatic carbocycles. The summed E-state index contributed by atoms with van der Waals surface area (Å²) in [5, 5.41) is 10.9. The van der Waals surface area contributed by atoms with Gasteiger partial charge in [-0.15, -0.1) is 0 Å². The quantitative estimate of drug-likeness (QED) is 0.0750. The number of nitrogens with one attached hydrogen (secondary N) is 4. The lowest BCUT2D eigenvalue weighted by Crippen LogP contribution is -2.57. The molecule has 18 heteroatoms. The molecular weight excluding hydrogens is 887 g/mol. The maximum atomic E-state index is 14.2. The zero-order valence-corrected chi connectivity index (χ0v) is 43.1. The van der Waals surface area contributed by atoms with Gasteiger partial charge in [0.1, 0.15) is 36.4 Å². The number of alkyl carbamates (subject to hydrolysis) is 1. The molecule has 0 unspecified atom stereocenters. The van der Waals surface area contributed by atoms with Crippen LogP contribution in [0.1, 0.15) is 120 Å². The molecule has 386 valence electrons. The Morgan fingerprint density at radius 3 is 2.14 bits per heavy atom. The Morgan fingerprint density at radius 1 is 0.899 bits per heavy atom. The first-order valence-corrected chi connectivity index (χ1v) is 24.4. The normalized spacial score (nSPS) is 26.2. The third-order valence-electron chi connectivity index (χ3n) is 12.5. The summed E-state index contributed by atoms with van der Waals surface area (Å²) in [6.45, 7) is 17.4. The second kappa shape index (κ2) is 30.0. The Bertz CT molecular complexity index is 1940. The van der Waals surface area contributed by atoms with Gasteiger partial charge in [0.05, 0.1) is 6.54 Å². The summed E-state index contributed by atoms with van der Waals surface area (Å²) in [5.74, 6) is -6.10. The van der Waals surface area contributed by atoms with Crippen LogP contribution in [0.5, 0.6) is 0 Å². The largest absolute Gasteiger partial charge is 0.456 e. The van der Waals surface area contributed by atoms with Crippen LogP contribution < -0.4 is 27.0 Å². The number of hydrogen-bond acceptors (Lipinski definition) is 12. The van der Waals surface area contributed by atoms with Crippen molar-refractivity contribution < 1.29 is 52.6 Å². The fraction of sp³-hybridized carbons (Fsp3) is 0.647. The Kier molecular flexibility index (Phi) is 25.8.